The first-order valence-electron chi connectivity index (χ1n) is 5.08. The lowest BCUT2D eigenvalue weighted by molar-refractivity contribution is -0.123. The summed E-state index contributed by atoms with van der Waals surface area (Å²) in [6, 6.07) is 9.12. The van der Waals surface area contributed by atoms with Gasteiger partial charge < -0.3 is 5.21 Å². The van der Waals surface area contributed by atoms with Crippen molar-refractivity contribution in [3.05, 3.63) is 42.0 Å². The van der Waals surface area contributed by atoms with Gasteiger partial charge in [0.2, 0.25) is 0 Å². The van der Waals surface area contributed by atoms with E-state index in [-0.39, 0.29) is 0 Å². The van der Waals surface area contributed by atoms with Crippen LogP contribution in [0.2, 0.25) is 0 Å². The summed E-state index contributed by atoms with van der Waals surface area (Å²) in [6.07, 6.45) is 2.45. The Hall–Kier alpha value is -2.47. The summed E-state index contributed by atoms with van der Waals surface area (Å²) in [6.45, 7) is 0. The number of ketones is 1. The van der Waals surface area contributed by atoms with Gasteiger partial charge in [0.25, 0.3) is 5.91 Å². The molecule has 0 bridgehead atoms. The first-order chi connectivity index (χ1) is 8.67. The molecule has 1 rings (SSSR count). The number of carbonyl (C=O) groups excluding carboxylic acids is 2. The molecular formula is C12H12N2O4. The average molecular weight is 248 g/mol. The maximum absolute atomic E-state index is 11.5. The molecule has 1 amide bonds. The highest BCUT2D eigenvalue weighted by atomic mass is 16.5. The number of hydroxylamine groups is 1. The number of hydrogen-bond acceptors (Lipinski definition) is 5. The second kappa shape index (κ2) is 6.97. The normalized spacial score (nSPS) is 11.5. The van der Waals surface area contributed by atoms with Crippen LogP contribution in [0, 0.1) is 0 Å². The van der Waals surface area contributed by atoms with E-state index < -0.39 is 23.8 Å². The van der Waals surface area contributed by atoms with Crippen molar-refractivity contribution in [2.75, 3.05) is 0 Å². The zero-order valence-corrected chi connectivity index (χ0v) is 9.41. The van der Waals surface area contributed by atoms with Crippen molar-refractivity contribution in [2.45, 2.75) is 6.42 Å². The molecule has 0 heterocycles. The van der Waals surface area contributed by atoms with Crippen LogP contribution in [-0.2, 0) is 9.59 Å². The summed E-state index contributed by atoms with van der Waals surface area (Å²) in [4.78, 5) is 22.4. The van der Waals surface area contributed by atoms with Crippen LogP contribution in [0.1, 0.15) is 12.0 Å². The molecule has 0 fully saturated rings. The second-order valence-electron chi connectivity index (χ2n) is 3.37. The van der Waals surface area contributed by atoms with E-state index >= 15 is 0 Å². The van der Waals surface area contributed by atoms with Gasteiger partial charge in [-0.05, 0) is 11.6 Å². The highest BCUT2D eigenvalue weighted by Gasteiger charge is 2.14. The number of rotatable bonds is 5. The molecule has 1 aromatic carbocycles. The number of allylic oxidation sites excluding steroid dienone is 1. The van der Waals surface area contributed by atoms with Crippen LogP contribution in [-0.4, -0.2) is 27.8 Å². The first kappa shape index (κ1) is 13.6. The van der Waals surface area contributed by atoms with Crippen LogP contribution in [0.4, 0.5) is 0 Å². The fourth-order valence-corrected chi connectivity index (χ4v) is 1.20. The molecule has 0 unspecified atom stereocenters. The zero-order chi connectivity index (χ0) is 13.4. The average Bonchev–Trinajstić information content (AvgIpc) is 2.42. The van der Waals surface area contributed by atoms with Crippen molar-refractivity contribution < 1.29 is 20.0 Å². The largest absolute Gasteiger partial charge is 0.410 e. The van der Waals surface area contributed by atoms with E-state index in [1.54, 1.807) is 6.08 Å². The van der Waals surface area contributed by atoms with E-state index in [9.17, 15) is 9.59 Å². The summed E-state index contributed by atoms with van der Waals surface area (Å²) in [7, 11) is 0. The van der Waals surface area contributed by atoms with Crippen LogP contribution in [0.25, 0.3) is 6.08 Å². The predicted octanol–water partition coefficient (Wildman–Crippen LogP) is 0.995. The standard InChI is InChI=1S/C12H12N2O4/c15-10(8-11(13-17)12(16)14-18)7-6-9-4-2-1-3-5-9/h1-7,17-18H,8H2,(H,14,16)/b7-6?,13-11-. The van der Waals surface area contributed by atoms with Crippen LogP contribution in [0.3, 0.4) is 0 Å². The van der Waals surface area contributed by atoms with Crippen molar-refractivity contribution in [1.29, 1.82) is 0 Å². The lowest BCUT2D eigenvalue weighted by Gasteiger charge is -1.98. The van der Waals surface area contributed by atoms with E-state index in [4.69, 9.17) is 10.4 Å². The molecule has 0 saturated carbocycles. The number of carbonyl (C=O) groups is 2. The molecule has 0 aromatic heterocycles. The number of amides is 1. The predicted molar refractivity (Wildman–Crippen MR) is 64.3 cm³/mol. The summed E-state index contributed by atoms with van der Waals surface area (Å²) >= 11 is 0. The topological polar surface area (TPSA) is 99.0 Å². The van der Waals surface area contributed by atoms with Crippen molar-refractivity contribution in [1.82, 2.24) is 5.48 Å². The van der Waals surface area contributed by atoms with Crippen molar-refractivity contribution >= 4 is 23.5 Å². The number of nitrogens with zero attached hydrogens (tertiary/aromatic N) is 1. The SMILES string of the molecule is O=C(C=Cc1ccccc1)C/C(=N/O)C(=O)NO. The van der Waals surface area contributed by atoms with Crippen LogP contribution < -0.4 is 5.48 Å². The van der Waals surface area contributed by atoms with Crippen molar-refractivity contribution in [3.63, 3.8) is 0 Å². The maximum Gasteiger partial charge on any atom is 0.292 e. The Morgan fingerprint density at radius 2 is 1.94 bits per heavy atom. The quantitative estimate of drug-likeness (QED) is 0.238. The smallest absolute Gasteiger partial charge is 0.292 e. The molecule has 3 N–H and O–H groups in total. The molecule has 0 aliphatic heterocycles. The number of oxime groups is 1. The van der Waals surface area contributed by atoms with E-state index in [1.807, 2.05) is 30.3 Å². The van der Waals surface area contributed by atoms with Gasteiger partial charge in [-0.15, -0.1) is 0 Å². The van der Waals surface area contributed by atoms with Crippen molar-refractivity contribution in [3.8, 4) is 0 Å². The molecule has 0 spiro atoms. The molecule has 6 nitrogen and oxygen atoms in total. The number of nitrogens with one attached hydrogen (secondary N) is 1. The van der Waals surface area contributed by atoms with Gasteiger partial charge in [0, 0.05) is 0 Å². The molecule has 0 aliphatic carbocycles. The van der Waals surface area contributed by atoms with E-state index in [0.29, 0.717) is 0 Å². The van der Waals surface area contributed by atoms with Crippen LogP contribution in [0.5, 0.6) is 0 Å². The third-order valence-electron chi connectivity index (χ3n) is 2.09. The van der Waals surface area contributed by atoms with Crippen LogP contribution >= 0.6 is 0 Å². The molecule has 1 aromatic rings. The molecule has 0 aliphatic rings. The minimum Gasteiger partial charge on any atom is -0.410 e. The van der Waals surface area contributed by atoms with Gasteiger partial charge in [-0.3, -0.25) is 14.8 Å². The molecule has 0 saturated heterocycles. The van der Waals surface area contributed by atoms with Gasteiger partial charge in [-0.25, -0.2) is 5.48 Å². The van der Waals surface area contributed by atoms with Gasteiger partial charge in [-0.2, -0.15) is 0 Å². The zero-order valence-electron chi connectivity index (χ0n) is 9.41. The fraction of sp³-hybridized carbons (Fsp3) is 0.0833. The monoisotopic (exact) mass is 248 g/mol. The highest BCUT2D eigenvalue weighted by Crippen LogP contribution is 2.02. The Kier molecular flexibility index (Phi) is 5.27. The molecule has 0 atom stereocenters. The lowest BCUT2D eigenvalue weighted by Crippen LogP contribution is -2.29. The molecule has 0 radical (unpaired) electrons. The van der Waals surface area contributed by atoms with Gasteiger partial charge in [0.15, 0.2) is 11.5 Å². The molecule has 6 heteroatoms. The summed E-state index contributed by atoms with van der Waals surface area (Å²) in [5.74, 6) is -1.44. The minimum absolute atomic E-state index is 0.397. The Morgan fingerprint density at radius 1 is 1.28 bits per heavy atom. The highest BCUT2D eigenvalue weighted by molar-refractivity contribution is 6.42. The second-order valence-corrected chi connectivity index (χ2v) is 3.37. The minimum atomic E-state index is -1.01. The molecular weight excluding hydrogens is 236 g/mol. The van der Waals surface area contributed by atoms with Gasteiger partial charge in [-0.1, -0.05) is 41.6 Å². The Balaban J connectivity index is 2.62. The van der Waals surface area contributed by atoms with Crippen LogP contribution in [0.15, 0.2) is 41.6 Å². The van der Waals surface area contributed by atoms with Gasteiger partial charge >= 0.3 is 0 Å². The lowest BCUT2D eigenvalue weighted by atomic mass is 10.1. The fourth-order valence-electron chi connectivity index (χ4n) is 1.20. The summed E-state index contributed by atoms with van der Waals surface area (Å²) in [5.41, 5.74) is 1.66. The third kappa shape index (κ3) is 4.18. The third-order valence-corrected chi connectivity index (χ3v) is 2.09. The Morgan fingerprint density at radius 3 is 2.50 bits per heavy atom. The first-order valence-corrected chi connectivity index (χ1v) is 5.08. The van der Waals surface area contributed by atoms with E-state index in [2.05, 4.69) is 5.16 Å². The molecule has 94 valence electrons. The van der Waals surface area contributed by atoms with Gasteiger partial charge in [0.05, 0.1) is 6.42 Å². The Bertz CT molecular complexity index is 480. The number of benzene rings is 1. The van der Waals surface area contributed by atoms with Gasteiger partial charge in [0.1, 0.15) is 0 Å². The maximum atomic E-state index is 11.5. The number of hydrogen-bond donors (Lipinski definition) is 3. The Labute approximate surface area is 103 Å². The molecule has 18 heavy (non-hydrogen) atoms. The summed E-state index contributed by atoms with van der Waals surface area (Å²) in [5, 5.41) is 19.5. The van der Waals surface area contributed by atoms with Crippen molar-refractivity contribution in [2.24, 2.45) is 5.16 Å². The van der Waals surface area contributed by atoms with E-state index in [1.165, 1.54) is 11.6 Å². The summed E-state index contributed by atoms with van der Waals surface area (Å²) < 4.78 is 0. The van der Waals surface area contributed by atoms with E-state index in [0.717, 1.165) is 5.56 Å².